The molecule has 1 rings (SSSR count). The van der Waals surface area contributed by atoms with Crippen LogP contribution in [0.2, 0.25) is 0 Å². The van der Waals surface area contributed by atoms with Crippen LogP contribution in [-0.2, 0) is 14.3 Å². The highest BCUT2D eigenvalue weighted by Gasteiger charge is 2.29. The van der Waals surface area contributed by atoms with Crippen molar-refractivity contribution >= 4 is 5.97 Å². The lowest BCUT2D eigenvalue weighted by molar-refractivity contribution is -0.187. The molecule has 0 amide bonds. The van der Waals surface area contributed by atoms with Crippen LogP contribution in [0.1, 0.15) is 0 Å². The van der Waals surface area contributed by atoms with Crippen molar-refractivity contribution in [1.82, 2.24) is 4.90 Å². The van der Waals surface area contributed by atoms with Crippen LogP contribution in [0.5, 0.6) is 0 Å². The van der Waals surface area contributed by atoms with Crippen molar-refractivity contribution in [3.05, 3.63) is 0 Å². The molecular weight excluding hydrogens is 215 g/mol. The van der Waals surface area contributed by atoms with E-state index in [0.29, 0.717) is 26.3 Å². The summed E-state index contributed by atoms with van der Waals surface area (Å²) in [7, 11) is 0. The number of morpholine rings is 1. The van der Waals surface area contributed by atoms with Crippen molar-refractivity contribution < 1.29 is 27.4 Å². The minimum atomic E-state index is -4.46. The Labute approximate surface area is 84.9 Å². The van der Waals surface area contributed by atoms with Crippen molar-refractivity contribution in [1.29, 1.82) is 0 Å². The Kier molecular flexibility index (Phi) is 4.34. The maximum atomic E-state index is 11.7. The van der Waals surface area contributed by atoms with Gasteiger partial charge in [0.25, 0.3) is 0 Å². The van der Waals surface area contributed by atoms with Gasteiger partial charge in [-0.15, -0.1) is 0 Å². The molecule has 0 aromatic rings. The minimum Gasteiger partial charge on any atom is -0.455 e. The first-order valence-electron chi connectivity index (χ1n) is 4.50. The lowest BCUT2D eigenvalue weighted by atomic mass is 10.4. The largest absolute Gasteiger partial charge is 0.455 e. The summed E-state index contributed by atoms with van der Waals surface area (Å²) in [6, 6.07) is 0. The zero-order chi connectivity index (χ0) is 11.3. The first-order valence-corrected chi connectivity index (χ1v) is 4.50. The van der Waals surface area contributed by atoms with Crippen LogP contribution < -0.4 is 0 Å². The van der Waals surface area contributed by atoms with Gasteiger partial charge in [-0.1, -0.05) is 0 Å². The number of hydrogen-bond donors (Lipinski definition) is 0. The van der Waals surface area contributed by atoms with E-state index in [1.165, 1.54) is 0 Å². The third kappa shape index (κ3) is 5.58. The second kappa shape index (κ2) is 5.32. The topological polar surface area (TPSA) is 38.8 Å². The van der Waals surface area contributed by atoms with Gasteiger partial charge >= 0.3 is 12.1 Å². The van der Waals surface area contributed by atoms with E-state index in [0.717, 1.165) is 0 Å². The third-order valence-corrected chi connectivity index (χ3v) is 1.85. The van der Waals surface area contributed by atoms with Gasteiger partial charge in [0.2, 0.25) is 0 Å². The molecular formula is C8H12F3NO3. The van der Waals surface area contributed by atoms with Gasteiger partial charge in [0, 0.05) is 13.1 Å². The number of ether oxygens (including phenoxy) is 2. The molecule has 1 aliphatic heterocycles. The fraction of sp³-hybridized carbons (Fsp3) is 0.875. The standard InChI is InChI=1S/C8H12F3NO3/c9-8(10,11)6-15-7(13)5-12-1-3-14-4-2-12/h1-6H2. The van der Waals surface area contributed by atoms with Crippen LogP contribution in [0.4, 0.5) is 13.2 Å². The number of nitrogens with zero attached hydrogens (tertiary/aromatic N) is 1. The predicted octanol–water partition coefficient (Wildman–Crippen LogP) is 0.424. The van der Waals surface area contributed by atoms with Crippen LogP contribution in [0, 0.1) is 0 Å². The molecule has 0 radical (unpaired) electrons. The maximum absolute atomic E-state index is 11.7. The number of halogens is 3. The van der Waals surface area contributed by atoms with E-state index in [1.54, 1.807) is 4.90 Å². The van der Waals surface area contributed by atoms with Gasteiger partial charge in [0.05, 0.1) is 19.8 Å². The van der Waals surface area contributed by atoms with E-state index in [2.05, 4.69) is 4.74 Å². The molecule has 88 valence electrons. The Balaban J connectivity index is 2.17. The van der Waals surface area contributed by atoms with Crippen molar-refractivity contribution in [2.24, 2.45) is 0 Å². The Bertz CT molecular complexity index is 214. The average Bonchev–Trinajstić information content (AvgIpc) is 2.15. The summed E-state index contributed by atoms with van der Waals surface area (Å²) in [5, 5.41) is 0. The molecule has 1 aliphatic rings. The van der Waals surface area contributed by atoms with Gasteiger partial charge in [-0.3, -0.25) is 9.69 Å². The summed E-state index contributed by atoms with van der Waals surface area (Å²) in [6.45, 7) is 0.441. The minimum absolute atomic E-state index is 0.112. The first kappa shape index (κ1) is 12.3. The Hall–Kier alpha value is -0.820. The molecule has 0 aliphatic carbocycles. The molecule has 1 fully saturated rings. The number of rotatable bonds is 3. The fourth-order valence-electron chi connectivity index (χ4n) is 1.15. The molecule has 1 heterocycles. The van der Waals surface area contributed by atoms with E-state index in [9.17, 15) is 18.0 Å². The smallest absolute Gasteiger partial charge is 0.422 e. The van der Waals surface area contributed by atoms with Gasteiger partial charge in [0.1, 0.15) is 0 Å². The van der Waals surface area contributed by atoms with E-state index >= 15 is 0 Å². The molecule has 4 nitrogen and oxygen atoms in total. The first-order chi connectivity index (χ1) is 6.97. The SMILES string of the molecule is O=C(CN1CCOCC1)OCC(F)(F)F. The van der Waals surface area contributed by atoms with Gasteiger partial charge in [-0.2, -0.15) is 13.2 Å². The Morgan fingerprint density at radius 3 is 2.47 bits per heavy atom. The number of alkyl halides is 3. The van der Waals surface area contributed by atoms with Crippen molar-refractivity contribution in [3.8, 4) is 0 Å². The summed E-state index contributed by atoms with van der Waals surface area (Å²) in [5.41, 5.74) is 0. The molecule has 7 heteroatoms. The molecule has 0 unspecified atom stereocenters. The van der Waals surface area contributed by atoms with E-state index in [4.69, 9.17) is 4.74 Å². The molecule has 0 saturated carbocycles. The molecule has 0 atom stereocenters. The molecule has 0 N–H and O–H groups in total. The van der Waals surface area contributed by atoms with Crippen LogP contribution in [0.25, 0.3) is 0 Å². The number of hydrogen-bond acceptors (Lipinski definition) is 4. The van der Waals surface area contributed by atoms with E-state index < -0.39 is 18.8 Å². The van der Waals surface area contributed by atoms with Gasteiger partial charge in [-0.05, 0) is 0 Å². The third-order valence-electron chi connectivity index (χ3n) is 1.85. The maximum Gasteiger partial charge on any atom is 0.422 e. The summed E-state index contributed by atoms with van der Waals surface area (Å²) < 4.78 is 44.1. The second-order valence-corrected chi connectivity index (χ2v) is 3.16. The number of carbonyl (C=O) groups excluding carboxylic acids is 1. The van der Waals surface area contributed by atoms with Crippen molar-refractivity contribution in [2.45, 2.75) is 6.18 Å². The Morgan fingerprint density at radius 1 is 1.33 bits per heavy atom. The average molecular weight is 227 g/mol. The molecule has 0 spiro atoms. The predicted molar refractivity (Wildman–Crippen MR) is 44.3 cm³/mol. The summed E-state index contributed by atoms with van der Waals surface area (Å²) in [5.74, 6) is -0.853. The normalized spacial score (nSPS) is 18.9. The van der Waals surface area contributed by atoms with Crippen LogP contribution in [-0.4, -0.2) is 56.5 Å². The Morgan fingerprint density at radius 2 is 1.93 bits per heavy atom. The highest BCUT2D eigenvalue weighted by atomic mass is 19.4. The highest BCUT2D eigenvalue weighted by Crippen LogP contribution is 2.14. The van der Waals surface area contributed by atoms with Crippen LogP contribution in [0.15, 0.2) is 0 Å². The summed E-state index contributed by atoms with van der Waals surface area (Å²) in [6.07, 6.45) is -4.46. The van der Waals surface area contributed by atoms with Crippen LogP contribution in [0.3, 0.4) is 0 Å². The van der Waals surface area contributed by atoms with Gasteiger partial charge in [0.15, 0.2) is 6.61 Å². The highest BCUT2D eigenvalue weighted by molar-refractivity contribution is 5.71. The second-order valence-electron chi connectivity index (χ2n) is 3.16. The van der Waals surface area contributed by atoms with E-state index in [-0.39, 0.29) is 6.54 Å². The number of carbonyl (C=O) groups is 1. The quantitative estimate of drug-likeness (QED) is 0.655. The molecule has 1 saturated heterocycles. The van der Waals surface area contributed by atoms with Crippen molar-refractivity contribution in [3.63, 3.8) is 0 Å². The lowest BCUT2D eigenvalue weighted by Crippen LogP contribution is -2.40. The fourth-order valence-corrected chi connectivity index (χ4v) is 1.15. The molecule has 0 aromatic carbocycles. The van der Waals surface area contributed by atoms with Gasteiger partial charge in [-0.25, -0.2) is 0 Å². The summed E-state index contributed by atoms with van der Waals surface area (Å²) in [4.78, 5) is 12.6. The number of esters is 1. The zero-order valence-corrected chi connectivity index (χ0v) is 8.05. The van der Waals surface area contributed by atoms with Crippen LogP contribution >= 0.6 is 0 Å². The van der Waals surface area contributed by atoms with E-state index in [1.807, 2.05) is 0 Å². The molecule has 15 heavy (non-hydrogen) atoms. The van der Waals surface area contributed by atoms with Crippen molar-refractivity contribution in [2.75, 3.05) is 39.5 Å². The molecule has 0 bridgehead atoms. The van der Waals surface area contributed by atoms with Gasteiger partial charge < -0.3 is 9.47 Å². The lowest BCUT2D eigenvalue weighted by Gasteiger charge is -2.25. The zero-order valence-electron chi connectivity index (χ0n) is 8.05. The summed E-state index contributed by atoms with van der Waals surface area (Å²) >= 11 is 0. The molecule has 0 aromatic heterocycles. The monoisotopic (exact) mass is 227 g/mol.